The largest absolute Gasteiger partial charge is 0.494 e. The highest BCUT2D eigenvalue weighted by molar-refractivity contribution is 5.72. The summed E-state index contributed by atoms with van der Waals surface area (Å²) in [5, 5.41) is 0. The fourth-order valence-electron chi connectivity index (χ4n) is 4.23. The van der Waals surface area contributed by atoms with E-state index in [-0.39, 0.29) is 16.9 Å². The van der Waals surface area contributed by atoms with Crippen LogP contribution in [0.15, 0.2) is 78.9 Å². The molecular weight excluding hydrogens is 485 g/mol. The standard InChI is InChI=1S/C33H33F3O2/c1-3-5-21-38-28-17-14-26(31(34)22-28)11-8-23-6-9-24(10-7-23)29-18-19-30(33(36)32(29)35)25-12-15-27(16-13-25)37-20-4-2/h6-7,9-10,12-19,22H,3-5,8,11,20-21H2,1-2H3. The molecule has 0 heterocycles. The summed E-state index contributed by atoms with van der Waals surface area (Å²) in [7, 11) is 0. The van der Waals surface area contributed by atoms with Crippen molar-refractivity contribution in [3.05, 3.63) is 107 Å². The second-order valence-corrected chi connectivity index (χ2v) is 9.31. The van der Waals surface area contributed by atoms with Gasteiger partial charge >= 0.3 is 0 Å². The van der Waals surface area contributed by atoms with E-state index in [1.807, 2.05) is 19.1 Å². The van der Waals surface area contributed by atoms with Gasteiger partial charge in [-0.05, 0) is 66.1 Å². The number of benzene rings is 4. The maximum absolute atomic E-state index is 15.1. The average molecular weight is 519 g/mol. The molecule has 38 heavy (non-hydrogen) atoms. The van der Waals surface area contributed by atoms with Crippen LogP contribution in [0, 0.1) is 17.5 Å². The molecule has 4 rings (SSSR count). The molecule has 0 saturated carbocycles. The topological polar surface area (TPSA) is 18.5 Å². The van der Waals surface area contributed by atoms with Crippen molar-refractivity contribution in [3.63, 3.8) is 0 Å². The molecule has 4 aromatic rings. The van der Waals surface area contributed by atoms with E-state index in [1.54, 1.807) is 60.7 Å². The molecule has 0 aliphatic rings. The molecule has 0 bridgehead atoms. The van der Waals surface area contributed by atoms with E-state index >= 15 is 8.78 Å². The van der Waals surface area contributed by atoms with Crippen LogP contribution < -0.4 is 9.47 Å². The van der Waals surface area contributed by atoms with E-state index in [0.29, 0.717) is 54.2 Å². The minimum Gasteiger partial charge on any atom is -0.494 e. The van der Waals surface area contributed by atoms with Gasteiger partial charge in [0.15, 0.2) is 11.6 Å². The van der Waals surface area contributed by atoms with Crippen molar-refractivity contribution in [2.45, 2.75) is 46.0 Å². The summed E-state index contributed by atoms with van der Waals surface area (Å²) in [4.78, 5) is 0. The van der Waals surface area contributed by atoms with Crippen molar-refractivity contribution in [1.82, 2.24) is 0 Å². The highest BCUT2D eigenvalue weighted by Crippen LogP contribution is 2.32. The molecule has 0 N–H and O–H groups in total. The van der Waals surface area contributed by atoms with Crippen molar-refractivity contribution >= 4 is 0 Å². The third-order valence-electron chi connectivity index (χ3n) is 6.46. The van der Waals surface area contributed by atoms with Gasteiger partial charge in [-0.2, -0.15) is 0 Å². The summed E-state index contributed by atoms with van der Waals surface area (Å²) in [6, 6.07) is 22.5. The molecule has 0 spiro atoms. The van der Waals surface area contributed by atoms with Crippen LogP contribution in [0.5, 0.6) is 11.5 Å². The molecule has 0 fully saturated rings. The van der Waals surface area contributed by atoms with Crippen LogP contribution in [0.3, 0.4) is 0 Å². The number of halogens is 3. The van der Waals surface area contributed by atoms with Gasteiger partial charge in [0.05, 0.1) is 13.2 Å². The lowest BCUT2D eigenvalue weighted by molar-refractivity contribution is 0.307. The third-order valence-corrected chi connectivity index (χ3v) is 6.46. The smallest absolute Gasteiger partial charge is 0.167 e. The van der Waals surface area contributed by atoms with Crippen molar-refractivity contribution < 1.29 is 22.6 Å². The van der Waals surface area contributed by atoms with Gasteiger partial charge in [0.25, 0.3) is 0 Å². The molecule has 5 heteroatoms. The zero-order valence-electron chi connectivity index (χ0n) is 21.9. The lowest BCUT2D eigenvalue weighted by Gasteiger charge is -2.11. The average Bonchev–Trinajstić information content (AvgIpc) is 2.94. The summed E-state index contributed by atoms with van der Waals surface area (Å²) < 4.78 is 55.7. The lowest BCUT2D eigenvalue weighted by atomic mass is 9.97. The first-order valence-corrected chi connectivity index (χ1v) is 13.2. The van der Waals surface area contributed by atoms with Gasteiger partial charge in [0, 0.05) is 17.2 Å². The molecule has 0 saturated heterocycles. The first-order chi connectivity index (χ1) is 18.5. The van der Waals surface area contributed by atoms with E-state index in [4.69, 9.17) is 9.47 Å². The summed E-state index contributed by atoms with van der Waals surface area (Å²) in [6.45, 7) is 5.29. The Hall–Kier alpha value is -3.73. The second-order valence-electron chi connectivity index (χ2n) is 9.31. The summed E-state index contributed by atoms with van der Waals surface area (Å²) >= 11 is 0. The monoisotopic (exact) mass is 518 g/mol. The Kier molecular flexibility index (Phi) is 9.47. The Labute approximate surface area is 223 Å². The predicted molar refractivity (Wildman–Crippen MR) is 147 cm³/mol. The minimum absolute atomic E-state index is 0.199. The van der Waals surface area contributed by atoms with E-state index in [2.05, 4.69) is 6.92 Å². The molecular formula is C33H33F3O2. The SMILES string of the molecule is CCCCOc1ccc(CCc2ccc(-c3ccc(-c4ccc(OCCC)cc4)c(F)c3F)cc2)c(F)c1. The van der Waals surface area contributed by atoms with Crippen molar-refractivity contribution in [2.24, 2.45) is 0 Å². The quantitative estimate of drug-likeness (QED) is 0.174. The molecule has 0 unspecified atom stereocenters. The molecule has 0 aromatic heterocycles. The Bertz CT molecular complexity index is 1330. The number of hydrogen-bond donors (Lipinski definition) is 0. The Morgan fingerprint density at radius 1 is 0.579 bits per heavy atom. The molecule has 2 nitrogen and oxygen atoms in total. The van der Waals surface area contributed by atoms with Gasteiger partial charge < -0.3 is 9.47 Å². The first-order valence-electron chi connectivity index (χ1n) is 13.2. The predicted octanol–water partition coefficient (Wildman–Crippen LogP) is 9.19. The molecule has 0 radical (unpaired) electrons. The number of unbranched alkanes of at least 4 members (excludes halogenated alkanes) is 1. The van der Waals surface area contributed by atoms with Crippen LogP contribution in [0.4, 0.5) is 13.2 Å². The second kappa shape index (κ2) is 13.2. The fraction of sp³-hybridized carbons (Fsp3) is 0.273. The lowest BCUT2D eigenvalue weighted by Crippen LogP contribution is -1.99. The summed E-state index contributed by atoms with van der Waals surface area (Å²) in [5.41, 5.74) is 3.17. The van der Waals surface area contributed by atoms with Crippen LogP contribution in [0.2, 0.25) is 0 Å². The van der Waals surface area contributed by atoms with Crippen molar-refractivity contribution in [3.8, 4) is 33.8 Å². The maximum atomic E-state index is 15.1. The van der Waals surface area contributed by atoms with E-state index < -0.39 is 11.6 Å². The maximum Gasteiger partial charge on any atom is 0.167 e. The Balaban J connectivity index is 1.42. The van der Waals surface area contributed by atoms with Crippen LogP contribution in [0.1, 0.15) is 44.2 Å². The highest BCUT2D eigenvalue weighted by Gasteiger charge is 2.16. The Morgan fingerprint density at radius 2 is 1.16 bits per heavy atom. The zero-order chi connectivity index (χ0) is 26.9. The summed E-state index contributed by atoms with van der Waals surface area (Å²) in [6.07, 6.45) is 4.01. The Morgan fingerprint density at radius 3 is 1.74 bits per heavy atom. The van der Waals surface area contributed by atoms with Gasteiger partial charge in [-0.25, -0.2) is 13.2 Å². The highest BCUT2D eigenvalue weighted by atomic mass is 19.2. The number of aryl methyl sites for hydroxylation is 2. The van der Waals surface area contributed by atoms with Crippen molar-refractivity contribution in [1.29, 1.82) is 0 Å². The molecule has 0 aliphatic heterocycles. The van der Waals surface area contributed by atoms with Gasteiger partial charge in [0.1, 0.15) is 17.3 Å². The van der Waals surface area contributed by atoms with Gasteiger partial charge in [-0.15, -0.1) is 0 Å². The van der Waals surface area contributed by atoms with Crippen LogP contribution in [0.25, 0.3) is 22.3 Å². The minimum atomic E-state index is -0.884. The van der Waals surface area contributed by atoms with E-state index in [0.717, 1.165) is 24.8 Å². The number of hydrogen-bond acceptors (Lipinski definition) is 2. The van der Waals surface area contributed by atoms with Gasteiger partial charge in [-0.1, -0.05) is 74.9 Å². The normalized spacial score (nSPS) is 11.0. The van der Waals surface area contributed by atoms with Crippen molar-refractivity contribution in [2.75, 3.05) is 13.2 Å². The van der Waals surface area contributed by atoms with Gasteiger partial charge in [0.2, 0.25) is 0 Å². The molecule has 198 valence electrons. The van der Waals surface area contributed by atoms with Crippen LogP contribution >= 0.6 is 0 Å². The molecule has 0 aliphatic carbocycles. The first kappa shape index (κ1) is 27.3. The van der Waals surface area contributed by atoms with Crippen LogP contribution in [-0.2, 0) is 12.8 Å². The fourth-order valence-corrected chi connectivity index (χ4v) is 4.23. The van der Waals surface area contributed by atoms with E-state index in [1.165, 1.54) is 6.07 Å². The zero-order valence-corrected chi connectivity index (χ0v) is 21.9. The summed E-state index contributed by atoms with van der Waals surface area (Å²) in [5.74, 6) is -0.806. The third kappa shape index (κ3) is 6.77. The molecule has 0 atom stereocenters. The number of ether oxygens (including phenoxy) is 2. The van der Waals surface area contributed by atoms with Crippen LogP contribution in [-0.4, -0.2) is 13.2 Å². The van der Waals surface area contributed by atoms with Gasteiger partial charge in [-0.3, -0.25) is 0 Å². The molecule has 0 amide bonds. The van der Waals surface area contributed by atoms with E-state index in [9.17, 15) is 4.39 Å². The molecule has 4 aromatic carbocycles. The number of rotatable bonds is 12.